The molecule has 1 aromatic heterocycles. The summed E-state index contributed by atoms with van der Waals surface area (Å²) in [5, 5.41) is 13.5. The molecule has 7 nitrogen and oxygen atoms in total. The monoisotopic (exact) mass is 491 g/mol. The lowest BCUT2D eigenvalue weighted by atomic mass is 10.1. The number of nitrogens with zero attached hydrogens (tertiary/aromatic N) is 4. The standard InChI is InChI=1S/C21H28FN5O2.3C2H6/c1-14(23-13-16-5-7-17(22)8-6-16)18-19(28)21(29)27-12-11-26(10-9-25(3)4)15(2)20(27)24-18;3*1-2/h5-8,15,23,28H,1,9-13H2,2-4H3;3*1-2H3. The fourth-order valence-electron chi connectivity index (χ4n) is 3.42. The second-order valence-corrected chi connectivity index (χ2v) is 7.60. The highest BCUT2D eigenvalue weighted by molar-refractivity contribution is 5.63. The number of likely N-dealkylation sites (N-methyl/N-ethyl adjacent to an activating group) is 1. The SMILES string of the molecule is C=C(NCc1ccc(F)cc1)c1nc2n(c(=O)c1O)CCN(CCN(C)C)C2C.CC.CC.CC. The van der Waals surface area contributed by atoms with Gasteiger partial charge in [0, 0.05) is 32.7 Å². The zero-order valence-electron chi connectivity index (χ0n) is 23.2. The van der Waals surface area contributed by atoms with E-state index < -0.39 is 11.3 Å². The maximum atomic E-state index is 13.1. The number of benzene rings is 1. The van der Waals surface area contributed by atoms with Gasteiger partial charge in [0.2, 0.25) is 5.75 Å². The molecule has 0 bridgehead atoms. The van der Waals surface area contributed by atoms with Gasteiger partial charge in [0.05, 0.1) is 11.7 Å². The summed E-state index contributed by atoms with van der Waals surface area (Å²) in [6.07, 6.45) is 0. The lowest BCUT2D eigenvalue weighted by Gasteiger charge is -2.35. The quantitative estimate of drug-likeness (QED) is 0.576. The maximum absolute atomic E-state index is 13.1. The summed E-state index contributed by atoms with van der Waals surface area (Å²) in [5.41, 5.74) is 0.911. The van der Waals surface area contributed by atoms with E-state index >= 15 is 0 Å². The molecule has 0 fully saturated rings. The van der Waals surface area contributed by atoms with E-state index in [0.29, 0.717) is 24.6 Å². The number of hydrogen-bond donors (Lipinski definition) is 2. The van der Waals surface area contributed by atoms with Gasteiger partial charge in [-0.3, -0.25) is 14.3 Å². The van der Waals surface area contributed by atoms with Gasteiger partial charge in [-0.15, -0.1) is 0 Å². The number of rotatable bonds is 7. The topological polar surface area (TPSA) is 73.6 Å². The van der Waals surface area contributed by atoms with Crippen molar-refractivity contribution in [2.75, 3.05) is 33.7 Å². The molecule has 0 spiro atoms. The minimum absolute atomic E-state index is 0.0550. The van der Waals surface area contributed by atoms with Gasteiger partial charge in [0.25, 0.3) is 5.56 Å². The molecule has 8 heteroatoms. The van der Waals surface area contributed by atoms with E-state index in [2.05, 4.69) is 26.7 Å². The normalized spacial score (nSPS) is 14.3. The third kappa shape index (κ3) is 9.11. The van der Waals surface area contributed by atoms with Crippen molar-refractivity contribution in [3.05, 3.63) is 64.1 Å². The predicted molar refractivity (Wildman–Crippen MR) is 145 cm³/mol. The molecular weight excluding hydrogens is 445 g/mol. The summed E-state index contributed by atoms with van der Waals surface area (Å²) < 4.78 is 14.6. The third-order valence-corrected chi connectivity index (χ3v) is 5.25. The summed E-state index contributed by atoms with van der Waals surface area (Å²) in [6, 6.07) is 6.03. The predicted octanol–water partition coefficient (Wildman–Crippen LogP) is 4.87. The Kier molecular flexibility index (Phi) is 15.5. The second-order valence-electron chi connectivity index (χ2n) is 7.60. The Bertz CT molecular complexity index is 942. The Morgan fingerprint density at radius 2 is 1.71 bits per heavy atom. The summed E-state index contributed by atoms with van der Waals surface area (Å²) in [6.45, 7) is 21.3. The van der Waals surface area contributed by atoms with E-state index in [1.165, 1.54) is 12.1 Å². The van der Waals surface area contributed by atoms with Crippen LogP contribution < -0.4 is 10.9 Å². The molecule has 0 saturated heterocycles. The molecule has 2 heterocycles. The average Bonchev–Trinajstić information content (AvgIpc) is 2.88. The molecule has 1 aliphatic rings. The molecule has 3 rings (SSSR count). The smallest absolute Gasteiger partial charge is 0.296 e. The van der Waals surface area contributed by atoms with Crippen molar-refractivity contribution in [2.24, 2.45) is 0 Å². The molecule has 0 saturated carbocycles. The first-order valence-corrected chi connectivity index (χ1v) is 12.7. The van der Waals surface area contributed by atoms with Gasteiger partial charge in [-0.2, -0.15) is 0 Å². The van der Waals surface area contributed by atoms with Gasteiger partial charge in [-0.05, 0) is 38.7 Å². The lowest BCUT2D eigenvalue weighted by molar-refractivity contribution is 0.146. The first-order valence-electron chi connectivity index (χ1n) is 12.7. The van der Waals surface area contributed by atoms with Crippen molar-refractivity contribution in [2.45, 2.75) is 67.6 Å². The highest BCUT2D eigenvalue weighted by Gasteiger charge is 2.29. The lowest BCUT2D eigenvalue weighted by Crippen LogP contribution is -2.44. The molecule has 0 amide bonds. The van der Waals surface area contributed by atoms with Crippen LogP contribution in [0.3, 0.4) is 0 Å². The number of fused-ring (bicyclic) bond motifs is 1. The van der Waals surface area contributed by atoms with Gasteiger partial charge >= 0.3 is 0 Å². The van der Waals surface area contributed by atoms with Crippen LogP contribution in [0.15, 0.2) is 35.6 Å². The number of aromatic hydroxyl groups is 1. The Morgan fingerprint density at radius 3 is 2.26 bits per heavy atom. The number of nitrogens with one attached hydrogen (secondary N) is 1. The van der Waals surface area contributed by atoms with Crippen molar-refractivity contribution in [3.8, 4) is 5.75 Å². The minimum Gasteiger partial charge on any atom is -0.501 e. The van der Waals surface area contributed by atoms with E-state index in [-0.39, 0.29) is 17.6 Å². The minimum atomic E-state index is -0.450. The summed E-state index contributed by atoms with van der Waals surface area (Å²) in [7, 11) is 4.05. The molecular formula is C27H46FN5O2. The number of aromatic nitrogens is 2. The summed E-state index contributed by atoms with van der Waals surface area (Å²) >= 11 is 0. The Morgan fingerprint density at radius 1 is 1.14 bits per heavy atom. The molecule has 1 aliphatic heterocycles. The fraction of sp³-hybridized carbons (Fsp3) is 0.556. The first kappa shape index (κ1) is 32.3. The second kappa shape index (κ2) is 16.8. The van der Waals surface area contributed by atoms with Gasteiger partial charge < -0.3 is 15.3 Å². The molecule has 198 valence electrons. The van der Waals surface area contributed by atoms with E-state index in [1.54, 1.807) is 16.7 Å². The highest BCUT2D eigenvalue weighted by Crippen LogP contribution is 2.26. The van der Waals surface area contributed by atoms with Crippen LogP contribution in [-0.4, -0.2) is 58.2 Å². The van der Waals surface area contributed by atoms with Crippen molar-refractivity contribution in [1.82, 2.24) is 24.7 Å². The van der Waals surface area contributed by atoms with E-state index in [9.17, 15) is 14.3 Å². The van der Waals surface area contributed by atoms with Crippen LogP contribution in [0, 0.1) is 5.82 Å². The molecule has 35 heavy (non-hydrogen) atoms. The number of halogens is 1. The van der Waals surface area contributed by atoms with E-state index in [1.807, 2.05) is 62.6 Å². The van der Waals surface area contributed by atoms with Crippen molar-refractivity contribution >= 4 is 5.70 Å². The van der Waals surface area contributed by atoms with Crippen molar-refractivity contribution in [1.29, 1.82) is 0 Å². The Labute approximate surface area is 211 Å². The zero-order chi connectivity index (χ0) is 27.1. The van der Waals surface area contributed by atoms with Crippen molar-refractivity contribution in [3.63, 3.8) is 0 Å². The van der Waals surface area contributed by atoms with Crippen LogP contribution in [0.4, 0.5) is 4.39 Å². The van der Waals surface area contributed by atoms with Crippen LogP contribution in [0.1, 0.15) is 71.6 Å². The summed E-state index contributed by atoms with van der Waals surface area (Å²) in [4.78, 5) is 21.7. The molecule has 1 atom stereocenters. The molecule has 0 aliphatic carbocycles. The van der Waals surface area contributed by atoms with Gasteiger partial charge in [-0.1, -0.05) is 60.3 Å². The molecule has 1 unspecified atom stereocenters. The Hall–Kier alpha value is -2.71. The molecule has 2 aromatic rings. The number of hydrogen-bond acceptors (Lipinski definition) is 6. The van der Waals surface area contributed by atoms with E-state index in [0.717, 1.165) is 25.2 Å². The maximum Gasteiger partial charge on any atom is 0.296 e. The van der Waals surface area contributed by atoms with Gasteiger partial charge in [0.15, 0.2) is 0 Å². The first-order chi connectivity index (χ1) is 16.8. The van der Waals surface area contributed by atoms with Crippen LogP contribution in [0.25, 0.3) is 5.70 Å². The van der Waals surface area contributed by atoms with Gasteiger partial charge in [0.1, 0.15) is 17.3 Å². The van der Waals surface area contributed by atoms with Crippen LogP contribution in [0.2, 0.25) is 0 Å². The third-order valence-electron chi connectivity index (χ3n) is 5.25. The van der Waals surface area contributed by atoms with E-state index in [4.69, 9.17) is 0 Å². The zero-order valence-corrected chi connectivity index (χ0v) is 23.2. The summed E-state index contributed by atoms with van der Waals surface area (Å²) in [5.74, 6) is -0.0840. The largest absolute Gasteiger partial charge is 0.501 e. The highest BCUT2D eigenvalue weighted by atomic mass is 19.1. The van der Waals surface area contributed by atoms with Crippen LogP contribution >= 0.6 is 0 Å². The van der Waals surface area contributed by atoms with Crippen LogP contribution in [-0.2, 0) is 13.1 Å². The van der Waals surface area contributed by atoms with Crippen molar-refractivity contribution < 1.29 is 9.50 Å². The fourth-order valence-corrected chi connectivity index (χ4v) is 3.42. The molecule has 2 N–H and O–H groups in total. The average molecular weight is 492 g/mol. The van der Waals surface area contributed by atoms with Crippen LogP contribution in [0.5, 0.6) is 5.75 Å². The molecule has 1 aromatic carbocycles. The Balaban J connectivity index is 0.00000179. The van der Waals surface area contributed by atoms with Gasteiger partial charge in [-0.25, -0.2) is 9.37 Å². The molecule has 0 radical (unpaired) electrons.